The normalized spacial score (nSPS) is 45.3. The molecule has 0 aromatic heterocycles. The van der Waals surface area contributed by atoms with E-state index >= 15 is 0 Å². The van der Waals surface area contributed by atoms with Crippen molar-refractivity contribution >= 4 is 22.0 Å². The number of aliphatic hydroxyl groups excluding tert-OH is 2. The van der Waals surface area contributed by atoms with Gasteiger partial charge in [0, 0.05) is 9.89 Å². The average Bonchev–Trinajstić information content (AvgIpc) is 2.93. The molecular weight excluding hydrogens is 424 g/mol. The zero-order valence-electron chi connectivity index (χ0n) is 17.6. The molecule has 0 spiro atoms. The van der Waals surface area contributed by atoms with E-state index < -0.39 is 0 Å². The minimum absolute atomic E-state index is 0.00506. The van der Waals surface area contributed by atoms with Gasteiger partial charge in [-0.3, -0.25) is 0 Å². The second kappa shape index (κ2) is 7.07. The van der Waals surface area contributed by atoms with Crippen molar-refractivity contribution in [1.29, 1.82) is 0 Å². The maximum atomic E-state index is 11.4. The molecule has 156 valence electrons. The highest BCUT2D eigenvalue weighted by atomic mass is 79.9. The highest BCUT2D eigenvalue weighted by molar-refractivity contribution is 9.10. The molecule has 3 fully saturated rings. The highest BCUT2D eigenvalue weighted by Crippen LogP contribution is 2.65. The molecule has 0 unspecified atom stereocenters. The van der Waals surface area contributed by atoms with E-state index in [1.165, 1.54) is 23.1 Å². The summed E-state index contributed by atoms with van der Waals surface area (Å²) < 4.78 is 1.08. The van der Waals surface area contributed by atoms with Crippen LogP contribution in [-0.2, 0) is 0 Å². The smallest absolute Gasteiger partial charge is 0.0809 e. The van der Waals surface area contributed by atoms with Crippen LogP contribution in [0.15, 0.2) is 46.0 Å². The van der Waals surface area contributed by atoms with Crippen LogP contribution in [0.4, 0.5) is 0 Å². The molecule has 1 aromatic rings. The first-order valence-corrected chi connectivity index (χ1v) is 12.1. The lowest BCUT2D eigenvalue weighted by molar-refractivity contribution is -0.0685. The Morgan fingerprint density at radius 2 is 1.90 bits per heavy atom. The van der Waals surface area contributed by atoms with Crippen LogP contribution in [0.3, 0.4) is 0 Å². The van der Waals surface area contributed by atoms with E-state index in [0.29, 0.717) is 17.8 Å². The van der Waals surface area contributed by atoms with Crippen LogP contribution in [0.2, 0.25) is 0 Å². The fraction of sp³-hybridized carbons (Fsp3) is 0.615. The van der Waals surface area contributed by atoms with E-state index in [9.17, 15) is 10.2 Å². The molecule has 3 saturated carbocycles. The lowest BCUT2D eigenvalue weighted by atomic mass is 9.48. The molecule has 29 heavy (non-hydrogen) atoms. The Hall–Kier alpha value is -0.900. The summed E-state index contributed by atoms with van der Waals surface area (Å²) in [6.45, 7) is 4.81. The largest absolute Gasteiger partial charge is 0.393 e. The molecule has 0 radical (unpaired) electrons. The van der Waals surface area contributed by atoms with Gasteiger partial charge in [0.15, 0.2) is 0 Å². The minimum atomic E-state index is -0.334. The van der Waals surface area contributed by atoms with Crippen LogP contribution < -0.4 is 0 Å². The van der Waals surface area contributed by atoms with Gasteiger partial charge >= 0.3 is 0 Å². The summed E-state index contributed by atoms with van der Waals surface area (Å²) in [5, 5.41) is 21.6. The monoisotopic (exact) mass is 456 g/mol. The van der Waals surface area contributed by atoms with Gasteiger partial charge in [0.25, 0.3) is 0 Å². The Labute approximate surface area is 183 Å². The fourth-order valence-electron chi connectivity index (χ4n) is 7.45. The summed E-state index contributed by atoms with van der Waals surface area (Å²) in [5.41, 5.74) is 4.16. The third kappa shape index (κ3) is 3.11. The molecule has 1 aromatic carbocycles. The van der Waals surface area contributed by atoms with Gasteiger partial charge in [-0.15, -0.1) is 0 Å². The fourth-order valence-corrected chi connectivity index (χ4v) is 7.87. The quantitative estimate of drug-likeness (QED) is 0.499. The van der Waals surface area contributed by atoms with Crippen LogP contribution in [-0.4, -0.2) is 22.4 Å². The second-order valence-electron chi connectivity index (χ2n) is 10.6. The van der Waals surface area contributed by atoms with Gasteiger partial charge in [-0.25, -0.2) is 0 Å². The van der Waals surface area contributed by atoms with Gasteiger partial charge in [0.05, 0.1) is 12.2 Å². The number of halogens is 1. The van der Waals surface area contributed by atoms with E-state index in [1.807, 2.05) is 6.07 Å². The van der Waals surface area contributed by atoms with Gasteiger partial charge in [-0.05, 0) is 91.4 Å². The number of allylic oxidation sites excluding steroid dienone is 1. The summed E-state index contributed by atoms with van der Waals surface area (Å²) in [5.74, 6) is 1.91. The number of aliphatic hydroxyl groups is 2. The SMILES string of the molecule is C[C@@]12CC[C@@H]3[C@H](CC=C4C[C@@H](O)CC[C@@]43C)[C@H]1C/C(=C/c1cccc(Br)c1)[C@H]2O. The maximum Gasteiger partial charge on any atom is 0.0809 e. The number of fused-ring (bicyclic) bond motifs is 5. The first kappa shape index (κ1) is 20.0. The molecular formula is C26H33BrO2. The van der Waals surface area contributed by atoms with Crippen molar-refractivity contribution in [2.24, 2.45) is 28.6 Å². The van der Waals surface area contributed by atoms with Gasteiger partial charge < -0.3 is 10.2 Å². The lowest BCUT2D eigenvalue weighted by Crippen LogP contribution is -2.51. The van der Waals surface area contributed by atoms with Crippen LogP contribution in [0.1, 0.15) is 64.4 Å². The third-order valence-electron chi connectivity index (χ3n) is 9.15. The van der Waals surface area contributed by atoms with Crippen LogP contribution in [0.25, 0.3) is 6.08 Å². The van der Waals surface area contributed by atoms with Gasteiger partial charge in [0.1, 0.15) is 0 Å². The standard InChI is InChI=1S/C26H33BrO2/c1-25-10-8-20(28)15-18(25)6-7-21-22(25)9-11-26(2)23(21)14-17(24(26)29)12-16-4-3-5-19(27)13-16/h3-6,12-13,20-24,28-29H,7-11,14-15H2,1-2H3/b17-12-/t20-,21-,22+,23+,24+,25-,26+/m0/s1. The summed E-state index contributed by atoms with van der Waals surface area (Å²) >= 11 is 3.57. The first-order valence-electron chi connectivity index (χ1n) is 11.3. The van der Waals surface area contributed by atoms with Crippen molar-refractivity contribution < 1.29 is 10.2 Å². The average molecular weight is 457 g/mol. The zero-order chi connectivity index (χ0) is 20.4. The number of benzene rings is 1. The summed E-state index contributed by atoms with van der Waals surface area (Å²) in [4.78, 5) is 0. The Morgan fingerprint density at radius 3 is 2.69 bits per heavy atom. The van der Waals surface area contributed by atoms with Crippen molar-refractivity contribution in [3.63, 3.8) is 0 Å². The summed E-state index contributed by atoms with van der Waals surface area (Å²) in [6.07, 6.45) is 11.6. The molecule has 2 nitrogen and oxygen atoms in total. The Morgan fingerprint density at radius 1 is 1.07 bits per heavy atom. The minimum Gasteiger partial charge on any atom is -0.393 e. The first-order chi connectivity index (χ1) is 13.8. The summed E-state index contributed by atoms with van der Waals surface area (Å²) in [7, 11) is 0. The molecule has 5 rings (SSSR count). The maximum absolute atomic E-state index is 11.4. The Balaban J connectivity index is 1.47. The van der Waals surface area contributed by atoms with Crippen LogP contribution in [0, 0.1) is 28.6 Å². The zero-order valence-corrected chi connectivity index (χ0v) is 19.2. The molecule has 2 N–H and O–H groups in total. The van der Waals surface area contributed by atoms with Gasteiger partial charge in [0.2, 0.25) is 0 Å². The Bertz CT molecular complexity index is 873. The molecule has 0 aliphatic heterocycles. The predicted molar refractivity (Wildman–Crippen MR) is 121 cm³/mol. The highest BCUT2D eigenvalue weighted by Gasteiger charge is 2.59. The van der Waals surface area contributed by atoms with Crippen molar-refractivity contribution in [3.05, 3.63) is 51.5 Å². The van der Waals surface area contributed by atoms with E-state index in [-0.39, 0.29) is 23.0 Å². The molecule has 0 saturated heterocycles. The molecule has 4 aliphatic rings. The van der Waals surface area contributed by atoms with Crippen LogP contribution in [0.5, 0.6) is 0 Å². The van der Waals surface area contributed by atoms with E-state index in [0.717, 1.165) is 43.0 Å². The molecule has 4 aliphatic carbocycles. The van der Waals surface area contributed by atoms with Crippen molar-refractivity contribution in [3.8, 4) is 0 Å². The third-order valence-corrected chi connectivity index (χ3v) is 9.64. The van der Waals surface area contributed by atoms with Crippen molar-refractivity contribution in [2.45, 2.75) is 71.0 Å². The predicted octanol–water partition coefficient (Wildman–Crippen LogP) is 6.13. The lowest BCUT2D eigenvalue weighted by Gasteiger charge is -2.57. The van der Waals surface area contributed by atoms with E-state index in [1.54, 1.807) is 0 Å². The summed E-state index contributed by atoms with van der Waals surface area (Å²) in [6, 6.07) is 8.37. The molecule has 7 atom stereocenters. The molecule has 0 bridgehead atoms. The Kier molecular flexibility index (Phi) is 4.88. The number of hydrogen-bond donors (Lipinski definition) is 2. The van der Waals surface area contributed by atoms with Crippen molar-refractivity contribution in [2.75, 3.05) is 0 Å². The number of rotatable bonds is 1. The van der Waals surface area contributed by atoms with Gasteiger partial charge in [-0.1, -0.05) is 59.6 Å². The number of hydrogen-bond acceptors (Lipinski definition) is 2. The molecule has 0 heterocycles. The topological polar surface area (TPSA) is 40.5 Å². The van der Waals surface area contributed by atoms with Crippen LogP contribution >= 0.6 is 15.9 Å². The second-order valence-corrected chi connectivity index (χ2v) is 11.5. The van der Waals surface area contributed by atoms with E-state index in [2.05, 4.69) is 60.1 Å². The molecule has 0 amide bonds. The van der Waals surface area contributed by atoms with Crippen molar-refractivity contribution in [1.82, 2.24) is 0 Å². The molecule has 3 heteroatoms. The van der Waals surface area contributed by atoms with Gasteiger partial charge in [-0.2, -0.15) is 0 Å². The van der Waals surface area contributed by atoms with E-state index in [4.69, 9.17) is 0 Å².